The number of aryl methyl sites for hydroxylation is 3. The number of carbonyl (C=O) groups excluding carboxylic acids is 2. The fourth-order valence-electron chi connectivity index (χ4n) is 2.57. The molecule has 1 N–H and O–H groups in total. The normalized spacial score (nSPS) is 12.5. The van der Waals surface area contributed by atoms with Gasteiger partial charge in [-0.2, -0.15) is 5.10 Å². The molecule has 0 saturated carbocycles. The Morgan fingerprint density at radius 3 is 2.32 bits per heavy atom. The van der Waals surface area contributed by atoms with Gasteiger partial charge in [-0.1, -0.05) is 17.7 Å². The van der Waals surface area contributed by atoms with Gasteiger partial charge in [-0.15, -0.1) is 0 Å². The molecule has 2 rings (SSSR count). The molecule has 1 aromatic heterocycles. The Bertz CT molecular complexity index is 978. The molecule has 0 bridgehead atoms. The van der Waals surface area contributed by atoms with E-state index in [0.717, 1.165) is 11.3 Å². The highest BCUT2D eigenvalue weighted by molar-refractivity contribution is 7.91. The molecule has 152 valence electrons. The van der Waals surface area contributed by atoms with Crippen LogP contribution in [-0.4, -0.2) is 41.9 Å². The lowest BCUT2D eigenvalue weighted by Gasteiger charge is -2.14. The second kappa shape index (κ2) is 8.55. The Morgan fingerprint density at radius 2 is 1.79 bits per heavy atom. The van der Waals surface area contributed by atoms with E-state index in [1.807, 2.05) is 13.8 Å². The number of sulfone groups is 1. The van der Waals surface area contributed by atoms with Gasteiger partial charge in [-0.3, -0.25) is 14.3 Å². The molecule has 0 aliphatic heterocycles. The van der Waals surface area contributed by atoms with Crippen LogP contribution < -0.4 is 5.32 Å². The van der Waals surface area contributed by atoms with Gasteiger partial charge in [0.15, 0.2) is 15.9 Å². The summed E-state index contributed by atoms with van der Waals surface area (Å²) in [5.74, 6) is -1.64. The molecule has 0 unspecified atom stereocenters. The zero-order valence-electron chi connectivity index (χ0n) is 16.6. The Kier molecular flexibility index (Phi) is 6.60. The van der Waals surface area contributed by atoms with Crippen LogP contribution in [0.2, 0.25) is 0 Å². The first-order valence-electron chi connectivity index (χ1n) is 8.81. The highest BCUT2D eigenvalue weighted by Gasteiger charge is 2.22. The van der Waals surface area contributed by atoms with Crippen molar-refractivity contribution in [1.29, 1.82) is 0 Å². The van der Waals surface area contributed by atoms with Crippen LogP contribution >= 0.6 is 0 Å². The highest BCUT2D eigenvalue weighted by atomic mass is 32.2. The van der Waals surface area contributed by atoms with Gasteiger partial charge in [-0.05, 0) is 39.8 Å². The topological polar surface area (TPSA) is 107 Å². The monoisotopic (exact) mass is 407 g/mol. The lowest BCUT2D eigenvalue weighted by atomic mass is 10.2. The number of nitrogens with one attached hydrogen (secondary N) is 1. The number of hydrogen-bond donors (Lipinski definition) is 1. The molecule has 0 saturated heterocycles. The van der Waals surface area contributed by atoms with Gasteiger partial charge in [0.05, 0.1) is 34.1 Å². The number of benzene rings is 1. The maximum Gasteiger partial charge on any atom is 0.307 e. The zero-order chi connectivity index (χ0) is 21.1. The van der Waals surface area contributed by atoms with E-state index >= 15 is 0 Å². The molecule has 0 aliphatic carbocycles. The van der Waals surface area contributed by atoms with E-state index in [1.165, 1.54) is 19.1 Å². The van der Waals surface area contributed by atoms with Gasteiger partial charge in [0, 0.05) is 7.05 Å². The third kappa shape index (κ3) is 5.19. The molecule has 1 heterocycles. The van der Waals surface area contributed by atoms with E-state index in [0.29, 0.717) is 11.4 Å². The van der Waals surface area contributed by atoms with Crippen LogP contribution in [0.5, 0.6) is 0 Å². The average Bonchev–Trinajstić information content (AvgIpc) is 2.86. The summed E-state index contributed by atoms with van der Waals surface area (Å²) in [5, 5.41) is 6.89. The highest BCUT2D eigenvalue weighted by Crippen LogP contribution is 2.19. The molecular weight excluding hydrogens is 382 g/mol. The van der Waals surface area contributed by atoms with Crippen LogP contribution in [0.25, 0.3) is 0 Å². The number of aromatic nitrogens is 2. The van der Waals surface area contributed by atoms with Crippen molar-refractivity contribution in [1.82, 2.24) is 9.78 Å². The van der Waals surface area contributed by atoms with Gasteiger partial charge in [-0.25, -0.2) is 8.42 Å². The van der Waals surface area contributed by atoms with E-state index in [9.17, 15) is 18.0 Å². The summed E-state index contributed by atoms with van der Waals surface area (Å²) in [6.45, 7) is 6.86. The summed E-state index contributed by atoms with van der Waals surface area (Å²) in [4.78, 5) is 24.4. The van der Waals surface area contributed by atoms with Crippen molar-refractivity contribution < 1.29 is 22.7 Å². The number of esters is 1. The van der Waals surface area contributed by atoms with E-state index in [-0.39, 0.29) is 17.1 Å². The van der Waals surface area contributed by atoms with Crippen molar-refractivity contribution in [2.45, 2.75) is 45.1 Å². The molecule has 0 radical (unpaired) electrons. The molecule has 0 spiro atoms. The minimum absolute atomic E-state index is 0.152. The minimum atomic E-state index is -3.60. The fourth-order valence-corrected chi connectivity index (χ4v) is 3.79. The number of amides is 1. The second-order valence-corrected chi connectivity index (χ2v) is 8.78. The predicted octanol–water partition coefficient (Wildman–Crippen LogP) is 2.08. The Balaban J connectivity index is 1.91. The first-order chi connectivity index (χ1) is 13.0. The first-order valence-corrected chi connectivity index (χ1v) is 10.5. The molecular formula is C19H25N3O5S. The number of carbonyl (C=O) groups is 2. The Morgan fingerprint density at radius 1 is 1.18 bits per heavy atom. The van der Waals surface area contributed by atoms with Crippen LogP contribution in [0.3, 0.4) is 0 Å². The standard InChI is InChI=1S/C19H25N3O5S/c1-12-6-8-16(9-7-12)28(25,26)11-10-17(23)27-15(4)19(24)20-18-13(2)21-22(5)14(18)3/h6-9,15H,10-11H2,1-5H3,(H,20,24)/t15-/m1/s1. The van der Waals surface area contributed by atoms with Crippen molar-refractivity contribution in [3.8, 4) is 0 Å². The van der Waals surface area contributed by atoms with Gasteiger partial charge >= 0.3 is 5.97 Å². The molecule has 1 amide bonds. The predicted molar refractivity (Wildman–Crippen MR) is 105 cm³/mol. The van der Waals surface area contributed by atoms with Crippen LogP contribution in [0.15, 0.2) is 29.2 Å². The van der Waals surface area contributed by atoms with E-state index in [4.69, 9.17) is 4.74 Å². The van der Waals surface area contributed by atoms with Crippen molar-refractivity contribution in [2.75, 3.05) is 11.1 Å². The Hall–Kier alpha value is -2.68. The largest absolute Gasteiger partial charge is 0.453 e. The third-order valence-corrected chi connectivity index (χ3v) is 6.12. The number of anilines is 1. The van der Waals surface area contributed by atoms with E-state index < -0.39 is 27.8 Å². The molecule has 28 heavy (non-hydrogen) atoms. The van der Waals surface area contributed by atoms with Crippen molar-refractivity contribution >= 4 is 27.4 Å². The summed E-state index contributed by atoms with van der Waals surface area (Å²) >= 11 is 0. The van der Waals surface area contributed by atoms with Crippen molar-refractivity contribution in [2.24, 2.45) is 7.05 Å². The Labute approximate surface area is 164 Å². The third-order valence-electron chi connectivity index (χ3n) is 4.39. The quantitative estimate of drug-likeness (QED) is 0.704. The first kappa shape index (κ1) is 21.6. The summed E-state index contributed by atoms with van der Waals surface area (Å²) in [7, 11) is -1.84. The summed E-state index contributed by atoms with van der Waals surface area (Å²) in [5.41, 5.74) is 2.93. The smallest absolute Gasteiger partial charge is 0.307 e. The van der Waals surface area contributed by atoms with Gasteiger partial charge < -0.3 is 10.1 Å². The molecule has 9 heteroatoms. The molecule has 2 aromatic rings. The number of ether oxygens (including phenoxy) is 1. The molecule has 1 aromatic carbocycles. The maximum atomic E-state index is 12.3. The van der Waals surface area contributed by atoms with Crippen LogP contribution in [-0.2, 0) is 31.2 Å². The molecule has 0 aliphatic rings. The number of hydrogen-bond acceptors (Lipinski definition) is 6. The van der Waals surface area contributed by atoms with Crippen molar-refractivity contribution in [3.63, 3.8) is 0 Å². The average molecular weight is 407 g/mol. The molecule has 8 nitrogen and oxygen atoms in total. The van der Waals surface area contributed by atoms with Crippen LogP contribution in [0.4, 0.5) is 5.69 Å². The van der Waals surface area contributed by atoms with Crippen molar-refractivity contribution in [3.05, 3.63) is 41.2 Å². The van der Waals surface area contributed by atoms with E-state index in [1.54, 1.807) is 30.8 Å². The zero-order valence-corrected chi connectivity index (χ0v) is 17.5. The summed E-state index contributed by atoms with van der Waals surface area (Å²) < 4.78 is 31.3. The second-order valence-electron chi connectivity index (χ2n) is 6.67. The number of rotatable bonds is 7. The lowest BCUT2D eigenvalue weighted by molar-refractivity contribution is -0.152. The molecule has 0 fully saturated rings. The van der Waals surface area contributed by atoms with Gasteiger partial charge in [0.1, 0.15) is 0 Å². The SMILES string of the molecule is Cc1ccc(S(=O)(=O)CCC(=O)O[C@H](C)C(=O)Nc2c(C)nn(C)c2C)cc1. The van der Waals surface area contributed by atoms with Gasteiger partial charge in [0.2, 0.25) is 0 Å². The summed E-state index contributed by atoms with van der Waals surface area (Å²) in [6, 6.07) is 6.40. The van der Waals surface area contributed by atoms with E-state index in [2.05, 4.69) is 10.4 Å². The fraction of sp³-hybridized carbons (Fsp3) is 0.421. The lowest BCUT2D eigenvalue weighted by Crippen LogP contribution is -2.30. The maximum absolute atomic E-state index is 12.3. The van der Waals surface area contributed by atoms with Crippen LogP contribution in [0, 0.1) is 20.8 Å². The minimum Gasteiger partial charge on any atom is -0.453 e. The molecule has 1 atom stereocenters. The number of nitrogens with zero attached hydrogens (tertiary/aromatic N) is 2. The van der Waals surface area contributed by atoms with Crippen LogP contribution in [0.1, 0.15) is 30.3 Å². The van der Waals surface area contributed by atoms with Gasteiger partial charge in [0.25, 0.3) is 5.91 Å². The summed E-state index contributed by atoms with van der Waals surface area (Å²) in [6.07, 6.45) is -1.40.